The average Bonchev–Trinajstić information content (AvgIpc) is 3.18. The third kappa shape index (κ3) is 2.65. The summed E-state index contributed by atoms with van der Waals surface area (Å²) in [4.78, 5) is 4.77. The molecule has 1 aromatic carbocycles. The van der Waals surface area contributed by atoms with Crippen molar-refractivity contribution >= 4 is 16.7 Å². The van der Waals surface area contributed by atoms with Gasteiger partial charge in [0, 0.05) is 12.7 Å². The van der Waals surface area contributed by atoms with Crippen LogP contribution in [0, 0.1) is 0 Å². The maximum atomic E-state index is 4.77. The highest BCUT2D eigenvalue weighted by Crippen LogP contribution is 2.16. The molecule has 0 spiro atoms. The Labute approximate surface area is 140 Å². The summed E-state index contributed by atoms with van der Waals surface area (Å²) in [7, 11) is 0. The Kier molecular flexibility index (Phi) is 3.96. The van der Waals surface area contributed by atoms with Gasteiger partial charge in [0.1, 0.15) is 5.82 Å². The lowest BCUT2D eigenvalue weighted by Crippen LogP contribution is -2.18. The predicted molar refractivity (Wildman–Crippen MR) is 93.6 cm³/mol. The first-order valence-corrected chi connectivity index (χ1v) is 8.30. The lowest BCUT2D eigenvalue weighted by molar-refractivity contribution is 0.586. The average molecular weight is 320 g/mol. The van der Waals surface area contributed by atoms with Crippen molar-refractivity contribution in [2.24, 2.45) is 0 Å². The number of nitrogens with zero attached hydrogens (tertiary/aromatic N) is 5. The van der Waals surface area contributed by atoms with E-state index in [-0.39, 0.29) is 0 Å². The normalized spacial score (nSPS) is 11.5. The minimum absolute atomic E-state index is 0.653. The van der Waals surface area contributed by atoms with Crippen LogP contribution in [0.4, 0.5) is 0 Å². The van der Waals surface area contributed by atoms with Crippen molar-refractivity contribution < 1.29 is 0 Å². The molecule has 6 nitrogen and oxygen atoms in total. The second-order valence-electron chi connectivity index (χ2n) is 5.82. The fourth-order valence-electron chi connectivity index (χ4n) is 3.03. The molecule has 4 aromatic rings. The molecule has 122 valence electrons. The van der Waals surface area contributed by atoms with E-state index in [1.165, 1.54) is 5.52 Å². The predicted octanol–water partition coefficient (Wildman–Crippen LogP) is 2.78. The highest BCUT2D eigenvalue weighted by molar-refractivity contribution is 5.75. The highest BCUT2D eigenvalue weighted by atomic mass is 15.3. The monoisotopic (exact) mass is 320 g/mol. The van der Waals surface area contributed by atoms with E-state index in [2.05, 4.69) is 45.2 Å². The molecular formula is C18H20N6. The number of benzene rings is 1. The number of aromatic nitrogens is 5. The van der Waals surface area contributed by atoms with Crippen LogP contribution in [0.2, 0.25) is 0 Å². The van der Waals surface area contributed by atoms with Crippen LogP contribution >= 0.6 is 0 Å². The van der Waals surface area contributed by atoms with Crippen LogP contribution in [-0.2, 0) is 19.6 Å². The number of imidazole rings is 1. The van der Waals surface area contributed by atoms with Crippen LogP contribution in [0.5, 0.6) is 0 Å². The van der Waals surface area contributed by atoms with Gasteiger partial charge in [-0.3, -0.25) is 4.40 Å². The Morgan fingerprint density at radius 3 is 2.71 bits per heavy atom. The van der Waals surface area contributed by atoms with Gasteiger partial charge in [0.25, 0.3) is 0 Å². The standard InChI is InChI=1S/C18H20N6/c1-2-10-23-15-8-4-3-7-14(15)20-17(23)12-19-13-18-22-21-16-9-5-6-11-24(16)18/h3-9,11,19H,2,10,12-13H2,1H3. The van der Waals surface area contributed by atoms with Gasteiger partial charge in [-0.2, -0.15) is 0 Å². The molecule has 0 saturated heterocycles. The van der Waals surface area contributed by atoms with Crippen molar-refractivity contribution in [1.29, 1.82) is 0 Å². The first kappa shape index (κ1) is 14.8. The molecule has 0 bridgehead atoms. The number of fused-ring (bicyclic) bond motifs is 2. The maximum Gasteiger partial charge on any atom is 0.160 e. The fourth-order valence-corrected chi connectivity index (χ4v) is 3.03. The number of pyridine rings is 1. The van der Waals surface area contributed by atoms with Gasteiger partial charge in [-0.25, -0.2) is 4.98 Å². The van der Waals surface area contributed by atoms with Gasteiger partial charge >= 0.3 is 0 Å². The zero-order valence-electron chi connectivity index (χ0n) is 13.7. The molecule has 0 unspecified atom stereocenters. The van der Waals surface area contributed by atoms with Gasteiger partial charge < -0.3 is 9.88 Å². The smallest absolute Gasteiger partial charge is 0.160 e. The van der Waals surface area contributed by atoms with Gasteiger partial charge in [-0.15, -0.1) is 10.2 Å². The quantitative estimate of drug-likeness (QED) is 0.593. The molecule has 0 fully saturated rings. The number of rotatable bonds is 6. The van der Waals surface area contributed by atoms with E-state index in [0.717, 1.165) is 35.8 Å². The third-order valence-corrected chi connectivity index (χ3v) is 4.13. The van der Waals surface area contributed by atoms with E-state index in [1.807, 2.05) is 34.9 Å². The Balaban J connectivity index is 1.53. The van der Waals surface area contributed by atoms with Gasteiger partial charge in [0.05, 0.1) is 24.1 Å². The molecule has 3 aromatic heterocycles. The topological polar surface area (TPSA) is 60.0 Å². The summed E-state index contributed by atoms with van der Waals surface area (Å²) in [5, 5.41) is 11.9. The summed E-state index contributed by atoms with van der Waals surface area (Å²) in [5.74, 6) is 1.97. The molecule has 0 saturated carbocycles. The van der Waals surface area contributed by atoms with Crippen molar-refractivity contribution in [3.05, 3.63) is 60.3 Å². The fraction of sp³-hybridized carbons (Fsp3) is 0.278. The summed E-state index contributed by atoms with van der Waals surface area (Å²) < 4.78 is 4.30. The largest absolute Gasteiger partial charge is 0.327 e. The molecule has 0 aliphatic carbocycles. The molecule has 3 heterocycles. The van der Waals surface area contributed by atoms with Crippen LogP contribution in [0.25, 0.3) is 16.7 Å². The SMILES string of the molecule is CCCn1c(CNCc2nnc3ccccn23)nc2ccccc21. The first-order chi connectivity index (χ1) is 11.9. The minimum Gasteiger partial charge on any atom is -0.327 e. The zero-order chi connectivity index (χ0) is 16.4. The number of nitrogens with one attached hydrogen (secondary N) is 1. The molecule has 24 heavy (non-hydrogen) atoms. The van der Waals surface area contributed by atoms with E-state index in [9.17, 15) is 0 Å². The number of aryl methyl sites for hydroxylation is 1. The van der Waals surface area contributed by atoms with Crippen LogP contribution in [-0.4, -0.2) is 24.1 Å². The van der Waals surface area contributed by atoms with Crippen molar-refractivity contribution in [2.45, 2.75) is 33.0 Å². The third-order valence-electron chi connectivity index (χ3n) is 4.13. The van der Waals surface area contributed by atoms with Crippen molar-refractivity contribution in [3.63, 3.8) is 0 Å². The zero-order valence-corrected chi connectivity index (χ0v) is 13.7. The van der Waals surface area contributed by atoms with E-state index >= 15 is 0 Å². The summed E-state index contributed by atoms with van der Waals surface area (Å²) in [5.41, 5.74) is 3.12. The van der Waals surface area contributed by atoms with Crippen LogP contribution < -0.4 is 5.32 Å². The Morgan fingerprint density at radius 1 is 0.958 bits per heavy atom. The molecule has 0 aliphatic heterocycles. The van der Waals surface area contributed by atoms with Crippen molar-refractivity contribution in [1.82, 2.24) is 29.5 Å². The molecule has 6 heteroatoms. The summed E-state index contributed by atoms with van der Waals surface area (Å²) in [6.45, 7) is 4.52. The molecule has 0 radical (unpaired) electrons. The molecule has 0 aliphatic rings. The van der Waals surface area contributed by atoms with Crippen molar-refractivity contribution in [3.8, 4) is 0 Å². The van der Waals surface area contributed by atoms with E-state index < -0.39 is 0 Å². The number of hydrogen-bond acceptors (Lipinski definition) is 4. The van der Waals surface area contributed by atoms with Gasteiger partial charge in [0.15, 0.2) is 11.5 Å². The van der Waals surface area contributed by atoms with Crippen LogP contribution in [0.1, 0.15) is 25.0 Å². The Morgan fingerprint density at radius 2 is 1.79 bits per heavy atom. The van der Waals surface area contributed by atoms with Gasteiger partial charge in [-0.05, 0) is 30.7 Å². The molecule has 0 amide bonds. The van der Waals surface area contributed by atoms with E-state index in [4.69, 9.17) is 4.98 Å². The highest BCUT2D eigenvalue weighted by Gasteiger charge is 2.10. The molecule has 0 atom stereocenters. The second kappa shape index (κ2) is 6.41. The number of hydrogen-bond donors (Lipinski definition) is 1. The van der Waals surface area contributed by atoms with Crippen LogP contribution in [0.3, 0.4) is 0 Å². The lowest BCUT2D eigenvalue weighted by Gasteiger charge is -2.08. The maximum absolute atomic E-state index is 4.77. The minimum atomic E-state index is 0.653. The van der Waals surface area contributed by atoms with Gasteiger partial charge in [-0.1, -0.05) is 25.1 Å². The summed E-state index contributed by atoms with van der Waals surface area (Å²) in [6, 6.07) is 14.2. The summed E-state index contributed by atoms with van der Waals surface area (Å²) in [6.07, 6.45) is 3.07. The molecular weight excluding hydrogens is 300 g/mol. The first-order valence-electron chi connectivity index (χ1n) is 8.30. The Bertz CT molecular complexity index is 968. The molecule has 1 N–H and O–H groups in total. The lowest BCUT2D eigenvalue weighted by atomic mass is 10.3. The Hall–Kier alpha value is -2.73. The van der Waals surface area contributed by atoms with Crippen LogP contribution in [0.15, 0.2) is 48.7 Å². The van der Waals surface area contributed by atoms with E-state index in [0.29, 0.717) is 13.1 Å². The molecule has 4 rings (SSSR count). The number of para-hydroxylation sites is 2. The summed E-state index contributed by atoms with van der Waals surface area (Å²) >= 11 is 0. The van der Waals surface area contributed by atoms with Gasteiger partial charge in [0.2, 0.25) is 0 Å². The second-order valence-corrected chi connectivity index (χ2v) is 5.82. The van der Waals surface area contributed by atoms with E-state index in [1.54, 1.807) is 0 Å². The van der Waals surface area contributed by atoms with Crippen molar-refractivity contribution in [2.75, 3.05) is 0 Å².